The van der Waals surface area contributed by atoms with Crippen molar-refractivity contribution in [3.63, 3.8) is 0 Å². The maximum atomic E-state index is 4.54. The number of aryl methyl sites for hydroxylation is 2. The molecule has 0 saturated carbocycles. The highest BCUT2D eigenvalue weighted by atomic mass is 15.3. The molecule has 1 aromatic rings. The van der Waals surface area contributed by atoms with Crippen LogP contribution in [0.25, 0.3) is 0 Å². The molecule has 2 unspecified atom stereocenters. The lowest BCUT2D eigenvalue weighted by Gasteiger charge is -2.22. The van der Waals surface area contributed by atoms with Gasteiger partial charge in [0.05, 0.1) is 5.69 Å². The molecule has 0 aliphatic carbocycles. The number of nitrogens with one attached hydrogen (secondary N) is 1. The van der Waals surface area contributed by atoms with Crippen LogP contribution in [-0.4, -0.2) is 22.4 Å². The van der Waals surface area contributed by atoms with E-state index in [1.54, 1.807) is 0 Å². The molecule has 1 rings (SSSR count). The first-order chi connectivity index (χ1) is 9.99. The van der Waals surface area contributed by atoms with Gasteiger partial charge in [-0.1, -0.05) is 33.6 Å². The zero-order valence-corrected chi connectivity index (χ0v) is 15.0. The van der Waals surface area contributed by atoms with Gasteiger partial charge in [0.25, 0.3) is 0 Å². The van der Waals surface area contributed by atoms with Gasteiger partial charge in [0.15, 0.2) is 0 Å². The van der Waals surface area contributed by atoms with E-state index < -0.39 is 0 Å². The maximum Gasteiger partial charge on any atom is 0.0628 e. The SMILES string of the molecule is CCCNC(CCc1c(C)nn(C)c1C)CC(C)CCC. The summed E-state index contributed by atoms with van der Waals surface area (Å²) in [6.45, 7) is 12.4. The van der Waals surface area contributed by atoms with E-state index >= 15 is 0 Å². The normalized spacial score (nSPS) is 14.4. The Morgan fingerprint density at radius 1 is 1.14 bits per heavy atom. The average Bonchev–Trinajstić information content (AvgIpc) is 2.67. The summed E-state index contributed by atoms with van der Waals surface area (Å²) in [6.07, 6.45) is 7.51. The van der Waals surface area contributed by atoms with Crippen molar-refractivity contribution >= 4 is 0 Å². The van der Waals surface area contributed by atoms with Crippen molar-refractivity contribution in [1.29, 1.82) is 0 Å². The summed E-state index contributed by atoms with van der Waals surface area (Å²) in [5.41, 5.74) is 3.97. The molecule has 0 amide bonds. The number of hydrogen-bond donors (Lipinski definition) is 1. The van der Waals surface area contributed by atoms with Crippen molar-refractivity contribution in [1.82, 2.24) is 15.1 Å². The second-order valence-electron chi connectivity index (χ2n) is 6.59. The first-order valence-electron chi connectivity index (χ1n) is 8.71. The zero-order chi connectivity index (χ0) is 15.8. The Kier molecular flexibility index (Phi) is 8.02. The van der Waals surface area contributed by atoms with Crippen LogP contribution < -0.4 is 5.32 Å². The third-order valence-corrected chi connectivity index (χ3v) is 4.55. The van der Waals surface area contributed by atoms with Crippen LogP contribution in [-0.2, 0) is 13.5 Å². The van der Waals surface area contributed by atoms with Crippen molar-refractivity contribution in [2.45, 2.75) is 79.2 Å². The summed E-state index contributed by atoms with van der Waals surface area (Å²) < 4.78 is 2.01. The van der Waals surface area contributed by atoms with E-state index in [-0.39, 0.29) is 0 Å². The van der Waals surface area contributed by atoms with Gasteiger partial charge < -0.3 is 5.32 Å². The second kappa shape index (κ2) is 9.24. The molecule has 1 N–H and O–H groups in total. The molecule has 0 bridgehead atoms. The molecule has 3 nitrogen and oxygen atoms in total. The first kappa shape index (κ1) is 18.2. The van der Waals surface area contributed by atoms with Crippen molar-refractivity contribution in [2.24, 2.45) is 13.0 Å². The van der Waals surface area contributed by atoms with Gasteiger partial charge in [-0.15, -0.1) is 0 Å². The van der Waals surface area contributed by atoms with E-state index in [4.69, 9.17) is 0 Å². The average molecular weight is 293 g/mol. The Labute approximate surface area is 131 Å². The maximum absolute atomic E-state index is 4.54. The van der Waals surface area contributed by atoms with Crippen molar-refractivity contribution in [3.8, 4) is 0 Å². The predicted octanol–water partition coefficient (Wildman–Crippen LogP) is 4.16. The van der Waals surface area contributed by atoms with Gasteiger partial charge in [0, 0.05) is 18.8 Å². The molecule has 0 fully saturated rings. The molecular formula is C18H35N3. The summed E-state index contributed by atoms with van der Waals surface area (Å²) >= 11 is 0. The molecule has 0 aliphatic heterocycles. The quantitative estimate of drug-likeness (QED) is 0.702. The zero-order valence-electron chi connectivity index (χ0n) is 15.0. The molecule has 21 heavy (non-hydrogen) atoms. The molecule has 0 radical (unpaired) electrons. The smallest absolute Gasteiger partial charge is 0.0628 e. The fourth-order valence-corrected chi connectivity index (χ4v) is 3.25. The van der Waals surface area contributed by atoms with Crippen LogP contribution in [0.5, 0.6) is 0 Å². The molecule has 0 aliphatic rings. The molecule has 2 atom stereocenters. The van der Waals surface area contributed by atoms with Crippen molar-refractivity contribution in [2.75, 3.05) is 6.54 Å². The minimum atomic E-state index is 0.644. The monoisotopic (exact) mass is 293 g/mol. The molecule has 3 heteroatoms. The third kappa shape index (κ3) is 5.82. The molecule has 122 valence electrons. The standard InChI is InChI=1S/C18H35N3/c1-7-9-14(3)13-17(19-12-8-2)10-11-18-15(4)20-21(6)16(18)5/h14,17,19H,7-13H2,1-6H3. The van der Waals surface area contributed by atoms with Crippen molar-refractivity contribution in [3.05, 3.63) is 17.0 Å². The Balaban J connectivity index is 2.59. The summed E-state index contributed by atoms with van der Waals surface area (Å²) in [4.78, 5) is 0. The molecule has 1 aromatic heterocycles. The molecule has 0 saturated heterocycles. The van der Waals surface area contributed by atoms with Crippen LogP contribution in [0.4, 0.5) is 0 Å². The Morgan fingerprint density at radius 2 is 1.86 bits per heavy atom. The fraction of sp³-hybridized carbons (Fsp3) is 0.833. The summed E-state index contributed by atoms with van der Waals surface area (Å²) in [5.74, 6) is 0.820. The summed E-state index contributed by atoms with van der Waals surface area (Å²) in [7, 11) is 2.04. The van der Waals surface area contributed by atoms with Crippen LogP contribution in [0.3, 0.4) is 0 Å². The van der Waals surface area contributed by atoms with Crippen LogP contribution in [0.1, 0.15) is 69.8 Å². The Bertz CT molecular complexity index is 409. The summed E-state index contributed by atoms with van der Waals surface area (Å²) in [6, 6.07) is 0.644. The summed E-state index contributed by atoms with van der Waals surface area (Å²) in [5, 5.41) is 8.28. The Hall–Kier alpha value is -0.830. The lowest BCUT2D eigenvalue weighted by Crippen LogP contribution is -2.32. The molecular weight excluding hydrogens is 258 g/mol. The fourth-order valence-electron chi connectivity index (χ4n) is 3.25. The number of rotatable bonds is 10. The molecule has 1 heterocycles. The molecule has 0 aromatic carbocycles. The Morgan fingerprint density at radius 3 is 2.38 bits per heavy atom. The van der Waals surface area contributed by atoms with E-state index in [0.717, 1.165) is 18.9 Å². The third-order valence-electron chi connectivity index (χ3n) is 4.55. The van der Waals surface area contributed by atoms with Gasteiger partial charge in [-0.3, -0.25) is 4.68 Å². The highest BCUT2D eigenvalue weighted by Crippen LogP contribution is 2.19. The van der Waals surface area contributed by atoms with Gasteiger partial charge in [-0.25, -0.2) is 0 Å². The molecule has 0 spiro atoms. The largest absolute Gasteiger partial charge is 0.314 e. The van der Waals surface area contributed by atoms with Gasteiger partial charge in [-0.05, 0) is 57.6 Å². The number of hydrogen-bond acceptors (Lipinski definition) is 2. The highest BCUT2D eigenvalue weighted by Gasteiger charge is 2.15. The number of nitrogens with zero attached hydrogens (tertiary/aromatic N) is 2. The van der Waals surface area contributed by atoms with E-state index in [2.05, 4.69) is 45.0 Å². The predicted molar refractivity (Wildman–Crippen MR) is 91.8 cm³/mol. The van der Waals surface area contributed by atoms with Gasteiger partial charge in [-0.2, -0.15) is 5.10 Å². The van der Waals surface area contributed by atoms with Crippen LogP contribution in [0, 0.1) is 19.8 Å². The minimum Gasteiger partial charge on any atom is -0.314 e. The second-order valence-corrected chi connectivity index (χ2v) is 6.59. The number of aromatic nitrogens is 2. The minimum absolute atomic E-state index is 0.644. The van der Waals surface area contributed by atoms with Gasteiger partial charge >= 0.3 is 0 Å². The highest BCUT2D eigenvalue weighted by molar-refractivity contribution is 5.24. The van der Waals surface area contributed by atoms with Crippen LogP contribution >= 0.6 is 0 Å². The van der Waals surface area contributed by atoms with Crippen LogP contribution in [0.2, 0.25) is 0 Å². The van der Waals surface area contributed by atoms with Crippen molar-refractivity contribution < 1.29 is 0 Å². The van der Waals surface area contributed by atoms with Gasteiger partial charge in [0.1, 0.15) is 0 Å². The van der Waals surface area contributed by atoms with Gasteiger partial charge in [0.2, 0.25) is 0 Å². The topological polar surface area (TPSA) is 29.9 Å². The first-order valence-corrected chi connectivity index (χ1v) is 8.71. The van der Waals surface area contributed by atoms with E-state index in [1.165, 1.54) is 49.1 Å². The van der Waals surface area contributed by atoms with E-state index in [0.29, 0.717) is 6.04 Å². The van der Waals surface area contributed by atoms with Crippen LogP contribution in [0.15, 0.2) is 0 Å². The van der Waals surface area contributed by atoms with E-state index in [1.807, 2.05) is 11.7 Å². The lowest BCUT2D eigenvalue weighted by atomic mass is 9.93. The lowest BCUT2D eigenvalue weighted by molar-refractivity contribution is 0.367. The van der Waals surface area contributed by atoms with E-state index in [9.17, 15) is 0 Å².